The number of halogens is 1. The maximum atomic E-state index is 5.85. The summed E-state index contributed by atoms with van der Waals surface area (Å²) in [4.78, 5) is 3.22. The van der Waals surface area contributed by atoms with E-state index in [1.54, 1.807) is 0 Å². The summed E-state index contributed by atoms with van der Waals surface area (Å²) in [5.41, 5.74) is 4.73. The number of nitrogens with one attached hydrogen (secondary N) is 2. The van der Waals surface area contributed by atoms with E-state index in [1.807, 2.05) is 24.3 Å². The van der Waals surface area contributed by atoms with Gasteiger partial charge in [0.1, 0.15) is 0 Å². The van der Waals surface area contributed by atoms with Gasteiger partial charge in [0.2, 0.25) is 0 Å². The summed E-state index contributed by atoms with van der Waals surface area (Å²) >= 11 is 5.85. The monoisotopic (exact) mass is 195 g/mol. The minimum Gasteiger partial charge on any atom is -0.357 e. The molecule has 2 aromatic rings. The van der Waals surface area contributed by atoms with E-state index in [0.717, 1.165) is 21.6 Å². The lowest BCUT2D eigenvalue weighted by Crippen LogP contribution is -2.20. The van der Waals surface area contributed by atoms with E-state index < -0.39 is 0 Å². The third-order valence-corrected chi connectivity index (χ3v) is 2.17. The van der Waals surface area contributed by atoms with Crippen molar-refractivity contribution >= 4 is 22.5 Å². The fraction of sp³-hybridized carbons (Fsp3) is 0.111. The van der Waals surface area contributed by atoms with Crippen molar-refractivity contribution in [2.45, 2.75) is 6.54 Å². The highest BCUT2D eigenvalue weighted by molar-refractivity contribution is 6.31. The van der Waals surface area contributed by atoms with Crippen LogP contribution in [0.15, 0.2) is 24.3 Å². The van der Waals surface area contributed by atoms with Crippen LogP contribution in [0.3, 0.4) is 0 Å². The Balaban J connectivity index is 2.49. The summed E-state index contributed by atoms with van der Waals surface area (Å²) in [6.45, 7) is 0.631. The van der Waals surface area contributed by atoms with Gasteiger partial charge in [-0.3, -0.25) is 11.3 Å². The van der Waals surface area contributed by atoms with Crippen LogP contribution < -0.4 is 11.3 Å². The Hall–Kier alpha value is -1.03. The van der Waals surface area contributed by atoms with Gasteiger partial charge in [0, 0.05) is 28.2 Å². The third-order valence-electron chi connectivity index (χ3n) is 1.93. The zero-order valence-electron chi connectivity index (χ0n) is 6.97. The van der Waals surface area contributed by atoms with Crippen molar-refractivity contribution in [1.82, 2.24) is 10.4 Å². The van der Waals surface area contributed by atoms with Gasteiger partial charge in [-0.2, -0.15) is 0 Å². The molecule has 4 N–H and O–H groups in total. The molecule has 3 nitrogen and oxygen atoms in total. The highest BCUT2D eigenvalue weighted by atomic mass is 35.5. The number of hydrogen-bond donors (Lipinski definition) is 3. The van der Waals surface area contributed by atoms with Gasteiger partial charge in [0.05, 0.1) is 0 Å². The summed E-state index contributed by atoms with van der Waals surface area (Å²) in [5, 5.41) is 1.86. The Morgan fingerprint density at radius 1 is 1.38 bits per heavy atom. The molecule has 0 bridgehead atoms. The van der Waals surface area contributed by atoms with Gasteiger partial charge in [-0.05, 0) is 24.3 Å². The first kappa shape index (κ1) is 8.56. The highest BCUT2D eigenvalue weighted by Gasteiger charge is 1.99. The summed E-state index contributed by atoms with van der Waals surface area (Å²) in [7, 11) is 0. The Labute approximate surface area is 80.9 Å². The maximum Gasteiger partial charge on any atom is 0.0500 e. The summed E-state index contributed by atoms with van der Waals surface area (Å²) in [5.74, 6) is 5.22. The molecule has 1 aromatic carbocycles. The van der Waals surface area contributed by atoms with Crippen molar-refractivity contribution in [3.05, 3.63) is 35.0 Å². The van der Waals surface area contributed by atoms with Crippen LogP contribution in [0.2, 0.25) is 5.02 Å². The second-order valence-corrected chi connectivity index (χ2v) is 3.34. The van der Waals surface area contributed by atoms with E-state index in [4.69, 9.17) is 17.4 Å². The van der Waals surface area contributed by atoms with Crippen molar-refractivity contribution in [3.8, 4) is 0 Å². The average Bonchev–Trinajstić information content (AvgIpc) is 2.46. The lowest BCUT2D eigenvalue weighted by Gasteiger charge is -1.91. The first-order valence-electron chi connectivity index (χ1n) is 4.00. The molecule has 2 rings (SSSR count). The molecule has 0 amide bonds. The molecule has 0 unspecified atom stereocenters. The zero-order chi connectivity index (χ0) is 9.26. The van der Waals surface area contributed by atoms with E-state index in [0.29, 0.717) is 6.54 Å². The molecule has 1 aromatic heterocycles. The van der Waals surface area contributed by atoms with Gasteiger partial charge in [-0.25, -0.2) is 0 Å². The Morgan fingerprint density at radius 2 is 2.23 bits per heavy atom. The van der Waals surface area contributed by atoms with Crippen molar-refractivity contribution < 1.29 is 0 Å². The van der Waals surface area contributed by atoms with Crippen molar-refractivity contribution in [3.63, 3.8) is 0 Å². The van der Waals surface area contributed by atoms with Crippen LogP contribution in [-0.2, 0) is 6.54 Å². The molecule has 0 saturated carbocycles. The number of fused-ring (bicyclic) bond motifs is 1. The molecule has 0 radical (unpaired) electrons. The van der Waals surface area contributed by atoms with E-state index >= 15 is 0 Å². The first-order valence-corrected chi connectivity index (χ1v) is 4.38. The van der Waals surface area contributed by atoms with Crippen LogP contribution in [0.4, 0.5) is 0 Å². The number of aromatic amines is 1. The highest BCUT2D eigenvalue weighted by Crippen LogP contribution is 2.19. The molecule has 0 spiro atoms. The number of hydrazine groups is 1. The molecule has 0 saturated heterocycles. The van der Waals surface area contributed by atoms with Gasteiger partial charge in [0.15, 0.2) is 0 Å². The summed E-state index contributed by atoms with van der Waals surface area (Å²) in [6.07, 6.45) is 0. The maximum absolute atomic E-state index is 5.85. The Bertz CT molecular complexity index is 422. The Kier molecular flexibility index (Phi) is 2.22. The topological polar surface area (TPSA) is 53.8 Å². The van der Waals surface area contributed by atoms with Crippen LogP contribution in [-0.4, -0.2) is 4.98 Å². The number of rotatable bonds is 2. The smallest absolute Gasteiger partial charge is 0.0500 e. The molecule has 68 valence electrons. The number of hydrogen-bond acceptors (Lipinski definition) is 2. The molecule has 0 aliphatic rings. The van der Waals surface area contributed by atoms with Crippen molar-refractivity contribution in [1.29, 1.82) is 0 Å². The normalized spacial score (nSPS) is 10.9. The number of benzene rings is 1. The fourth-order valence-electron chi connectivity index (χ4n) is 1.37. The number of nitrogens with two attached hydrogens (primary N) is 1. The molecule has 4 heteroatoms. The van der Waals surface area contributed by atoms with Crippen LogP contribution in [0.25, 0.3) is 10.9 Å². The predicted molar refractivity (Wildman–Crippen MR) is 54.3 cm³/mol. The number of aromatic nitrogens is 1. The summed E-state index contributed by atoms with van der Waals surface area (Å²) < 4.78 is 0. The molecule has 0 aliphatic heterocycles. The van der Waals surface area contributed by atoms with Crippen LogP contribution in [0.5, 0.6) is 0 Å². The van der Waals surface area contributed by atoms with Gasteiger partial charge in [-0.1, -0.05) is 11.6 Å². The molecule has 0 aliphatic carbocycles. The van der Waals surface area contributed by atoms with E-state index in [1.165, 1.54) is 0 Å². The third kappa shape index (κ3) is 1.67. The molecule has 0 fully saturated rings. The second-order valence-electron chi connectivity index (χ2n) is 2.91. The second kappa shape index (κ2) is 3.38. The molecule has 0 atom stereocenters. The number of H-pyrrole nitrogens is 1. The minimum atomic E-state index is 0.631. The van der Waals surface area contributed by atoms with Crippen molar-refractivity contribution in [2.75, 3.05) is 0 Å². The molecule has 1 heterocycles. The van der Waals surface area contributed by atoms with E-state index in [9.17, 15) is 0 Å². The lowest BCUT2D eigenvalue weighted by atomic mass is 10.2. The predicted octanol–water partition coefficient (Wildman–Crippen LogP) is 1.78. The van der Waals surface area contributed by atoms with Gasteiger partial charge >= 0.3 is 0 Å². The van der Waals surface area contributed by atoms with Gasteiger partial charge < -0.3 is 4.98 Å². The summed E-state index contributed by atoms with van der Waals surface area (Å²) in [6, 6.07) is 7.77. The minimum absolute atomic E-state index is 0.631. The fourth-order valence-corrected chi connectivity index (χ4v) is 1.55. The molecular weight excluding hydrogens is 186 g/mol. The molecule has 13 heavy (non-hydrogen) atoms. The quantitative estimate of drug-likeness (QED) is 0.506. The van der Waals surface area contributed by atoms with Gasteiger partial charge in [-0.15, -0.1) is 0 Å². The first-order chi connectivity index (χ1) is 6.29. The molecular formula is C9H10ClN3. The standard InChI is InChI=1S/C9H10ClN3/c10-7-1-2-9-6(3-7)4-8(13-9)5-12-11/h1-4,12-13H,5,11H2. The van der Waals surface area contributed by atoms with E-state index in [2.05, 4.69) is 10.4 Å². The van der Waals surface area contributed by atoms with Crippen molar-refractivity contribution in [2.24, 2.45) is 5.84 Å². The largest absolute Gasteiger partial charge is 0.357 e. The Morgan fingerprint density at radius 3 is 3.00 bits per heavy atom. The van der Waals surface area contributed by atoms with E-state index in [-0.39, 0.29) is 0 Å². The SMILES string of the molecule is NNCc1cc2cc(Cl)ccc2[nH]1. The van der Waals surface area contributed by atoms with Gasteiger partial charge in [0.25, 0.3) is 0 Å². The zero-order valence-corrected chi connectivity index (χ0v) is 7.73. The van der Waals surface area contributed by atoms with Crippen LogP contribution in [0.1, 0.15) is 5.69 Å². The van der Waals surface area contributed by atoms with Crippen LogP contribution >= 0.6 is 11.6 Å². The van der Waals surface area contributed by atoms with Crippen LogP contribution in [0, 0.1) is 0 Å². The average molecular weight is 196 g/mol. The lowest BCUT2D eigenvalue weighted by molar-refractivity contribution is 0.728.